The molecule has 0 amide bonds. The van der Waals surface area contributed by atoms with Crippen LogP contribution in [-0.4, -0.2) is 5.97 Å². The van der Waals surface area contributed by atoms with Gasteiger partial charge in [0.05, 0.1) is 5.02 Å². The van der Waals surface area contributed by atoms with Crippen LogP contribution in [0.5, 0.6) is 0 Å². The number of benzene rings is 1. The van der Waals surface area contributed by atoms with Crippen molar-refractivity contribution in [3.63, 3.8) is 0 Å². The Hall–Kier alpha value is -1.69. The van der Waals surface area contributed by atoms with E-state index in [1.54, 1.807) is 18.2 Å². The summed E-state index contributed by atoms with van der Waals surface area (Å²) in [7, 11) is 0. The Morgan fingerprint density at radius 1 is 1.14 bits per heavy atom. The molecule has 0 atom stereocenters. The maximum atomic E-state index is 11.9. The van der Waals surface area contributed by atoms with Gasteiger partial charge in [0.2, 0.25) is 5.76 Å². The zero-order valence-corrected chi connectivity index (χ0v) is 13.0. The van der Waals surface area contributed by atoms with Crippen LogP contribution in [0.25, 0.3) is 11.3 Å². The van der Waals surface area contributed by atoms with Gasteiger partial charge in [-0.25, -0.2) is 4.79 Å². The average Bonchev–Trinajstić information content (AvgIpc) is 3.17. The van der Waals surface area contributed by atoms with E-state index < -0.39 is 5.97 Å². The van der Waals surface area contributed by atoms with Crippen LogP contribution in [0.2, 0.25) is 5.02 Å². The summed E-state index contributed by atoms with van der Waals surface area (Å²) in [5, 5.41) is 2.48. The van der Waals surface area contributed by atoms with Crippen LogP contribution in [0.3, 0.4) is 0 Å². The number of halogens is 1. The van der Waals surface area contributed by atoms with Gasteiger partial charge in [0, 0.05) is 5.56 Å². The monoisotopic (exact) mass is 336 g/mol. The molecular formula is C15H9ClO3S2. The first-order valence-electron chi connectivity index (χ1n) is 6.01. The summed E-state index contributed by atoms with van der Waals surface area (Å²) < 4.78 is 11.5. The predicted octanol–water partition coefficient (Wildman–Crippen LogP) is 5.53. The number of carbonyl (C=O) groups excluding carboxylic acids is 1. The Bertz CT molecular complexity index is 750. The first-order chi connectivity index (χ1) is 10.2. The highest BCUT2D eigenvalue weighted by Gasteiger charge is 2.16. The van der Waals surface area contributed by atoms with Gasteiger partial charge in [-0.15, -0.1) is 11.3 Å². The van der Waals surface area contributed by atoms with Crippen LogP contribution in [0.15, 0.2) is 62.5 Å². The molecular weight excluding hydrogens is 328 g/mol. The summed E-state index contributed by atoms with van der Waals surface area (Å²) in [6.45, 7) is 0. The van der Waals surface area contributed by atoms with Crippen LogP contribution in [0, 0.1) is 0 Å². The van der Waals surface area contributed by atoms with Crippen LogP contribution < -0.4 is 0 Å². The third-order valence-electron chi connectivity index (χ3n) is 2.64. The van der Waals surface area contributed by atoms with E-state index in [-0.39, 0.29) is 5.76 Å². The van der Waals surface area contributed by atoms with Crippen molar-refractivity contribution in [3.8, 4) is 11.3 Å². The fraction of sp³-hybridized carbons (Fsp3) is 0. The molecule has 6 heteroatoms. The molecule has 21 heavy (non-hydrogen) atoms. The highest BCUT2D eigenvalue weighted by Crippen LogP contribution is 2.30. The molecule has 0 aliphatic rings. The molecule has 0 aliphatic heterocycles. The van der Waals surface area contributed by atoms with Gasteiger partial charge < -0.3 is 8.60 Å². The van der Waals surface area contributed by atoms with Gasteiger partial charge in [-0.1, -0.05) is 29.8 Å². The summed E-state index contributed by atoms with van der Waals surface area (Å²) in [5.74, 6) is 0.161. The highest BCUT2D eigenvalue weighted by atomic mass is 35.5. The van der Waals surface area contributed by atoms with Crippen LogP contribution in [0.4, 0.5) is 0 Å². The molecule has 1 aromatic carbocycles. The Kier molecular flexibility index (Phi) is 4.34. The molecule has 0 bridgehead atoms. The molecule has 106 valence electrons. The van der Waals surface area contributed by atoms with Gasteiger partial charge >= 0.3 is 5.97 Å². The van der Waals surface area contributed by atoms with Gasteiger partial charge in [-0.05, 0) is 35.7 Å². The quantitative estimate of drug-likeness (QED) is 0.587. The maximum Gasteiger partial charge on any atom is 0.386 e. The molecule has 0 aliphatic carbocycles. The number of furan rings is 1. The topological polar surface area (TPSA) is 39.4 Å². The van der Waals surface area contributed by atoms with Gasteiger partial charge in [-0.3, -0.25) is 0 Å². The van der Waals surface area contributed by atoms with E-state index in [2.05, 4.69) is 0 Å². The molecule has 3 aromatic rings. The predicted molar refractivity (Wildman–Crippen MR) is 84.7 cm³/mol. The maximum absolute atomic E-state index is 11.9. The second-order valence-corrected chi connectivity index (χ2v) is 6.42. The van der Waals surface area contributed by atoms with Crippen molar-refractivity contribution in [1.82, 2.24) is 0 Å². The van der Waals surface area contributed by atoms with Crippen molar-refractivity contribution in [2.75, 3.05) is 0 Å². The molecule has 2 aromatic heterocycles. The molecule has 0 N–H and O–H groups in total. The Balaban J connectivity index is 1.73. The largest absolute Gasteiger partial charge is 0.449 e. The minimum absolute atomic E-state index is 0.147. The van der Waals surface area contributed by atoms with E-state index in [9.17, 15) is 4.79 Å². The molecule has 0 saturated heterocycles. The molecule has 0 fully saturated rings. The summed E-state index contributed by atoms with van der Waals surface area (Å²) in [6, 6.07) is 14.3. The third kappa shape index (κ3) is 3.32. The van der Waals surface area contributed by atoms with Crippen LogP contribution in [-0.2, 0) is 4.18 Å². The first-order valence-corrected chi connectivity index (χ1v) is 8.01. The molecule has 3 nitrogen and oxygen atoms in total. The highest BCUT2D eigenvalue weighted by molar-refractivity contribution is 7.97. The van der Waals surface area contributed by atoms with Gasteiger partial charge in [0.25, 0.3) is 0 Å². The second-order valence-electron chi connectivity index (χ2n) is 4.03. The smallest absolute Gasteiger partial charge is 0.386 e. The second kappa shape index (κ2) is 6.39. The summed E-state index contributed by atoms with van der Waals surface area (Å²) in [5.41, 5.74) is 0.740. The van der Waals surface area contributed by atoms with Gasteiger partial charge in [0.1, 0.15) is 22.0 Å². The van der Waals surface area contributed by atoms with Crippen molar-refractivity contribution in [2.45, 2.75) is 4.21 Å². The number of thiophene rings is 1. The zero-order chi connectivity index (χ0) is 14.7. The van der Waals surface area contributed by atoms with E-state index in [1.165, 1.54) is 11.3 Å². The molecule has 2 heterocycles. The van der Waals surface area contributed by atoms with Gasteiger partial charge in [-0.2, -0.15) is 0 Å². The minimum Gasteiger partial charge on any atom is -0.449 e. The van der Waals surface area contributed by atoms with Gasteiger partial charge in [0.15, 0.2) is 0 Å². The normalized spacial score (nSPS) is 10.5. The first kappa shape index (κ1) is 14.3. The van der Waals surface area contributed by atoms with Crippen molar-refractivity contribution in [2.24, 2.45) is 0 Å². The van der Waals surface area contributed by atoms with Crippen molar-refractivity contribution in [3.05, 3.63) is 64.7 Å². The summed E-state index contributed by atoms with van der Waals surface area (Å²) >= 11 is 8.62. The van der Waals surface area contributed by atoms with Crippen LogP contribution in [0.1, 0.15) is 10.6 Å². The fourth-order valence-corrected chi connectivity index (χ4v) is 3.16. The molecule has 0 spiro atoms. The number of hydrogen-bond acceptors (Lipinski definition) is 5. The van der Waals surface area contributed by atoms with Crippen molar-refractivity contribution in [1.29, 1.82) is 0 Å². The lowest BCUT2D eigenvalue weighted by Crippen LogP contribution is -1.96. The molecule has 0 radical (unpaired) electrons. The van der Waals surface area contributed by atoms with E-state index in [0.717, 1.165) is 21.8 Å². The number of carbonyl (C=O) groups is 1. The lowest BCUT2D eigenvalue weighted by atomic mass is 10.2. The summed E-state index contributed by atoms with van der Waals surface area (Å²) in [4.78, 5) is 11.9. The summed E-state index contributed by atoms with van der Waals surface area (Å²) in [6.07, 6.45) is 0. The Morgan fingerprint density at radius 3 is 2.76 bits per heavy atom. The lowest BCUT2D eigenvalue weighted by Gasteiger charge is -2.00. The zero-order valence-electron chi connectivity index (χ0n) is 10.6. The third-order valence-corrected chi connectivity index (χ3v) is 4.66. The van der Waals surface area contributed by atoms with Crippen LogP contribution >= 0.6 is 35.0 Å². The Morgan fingerprint density at radius 2 is 2.00 bits per heavy atom. The SMILES string of the molecule is O=C(OSc1cccs1)c1ccc(-c2ccccc2Cl)o1. The molecule has 3 rings (SSSR count). The fourth-order valence-electron chi connectivity index (χ4n) is 1.68. The Labute approximate surface area is 134 Å². The van der Waals surface area contributed by atoms with E-state index >= 15 is 0 Å². The molecule has 0 unspecified atom stereocenters. The number of hydrogen-bond donors (Lipinski definition) is 0. The van der Waals surface area contributed by atoms with E-state index in [0.29, 0.717) is 10.8 Å². The minimum atomic E-state index is -0.522. The average molecular weight is 337 g/mol. The number of rotatable bonds is 4. The van der Waals surface area contributed by atoms with Crippen molar-refractivity contribution < 1.29 is 13.4 Å². The standard InChI is InChI=1S/C15H9ClO3S2/c16-11-5-2-1-4-10(11)12-7-8-13(18-12)15(17)19-21-14-6-3-9-20-14/h1-9H. The molecule has 0 saturated carbocycles. The van der Waals surface area contributed by atoms with Crippen molar-refractivity contribution >= 4 is 40.9 Å². The lowest BCUT2D eigenvalue weighted by molar-refractivity contribution is 0.0736. The van der Waals surface area contributed by atoms with E-state index in [1.807, 2.05) is 35.7 Å². The van der Waals surface area contributed by atoms with E-state index in [4.69, 9.17) is 20.2 Å².